The molecule has 0 aliphatic heterocycles. The Bertz CT molecular complexity index is 1320. The number of fused-ring (bicyclic) bond motifs is 1. The monoisotopic (exact) mass is 413 g/mol. The second-order valence-corrected chi connectivity index (χ2v) is 7.40. The van der Waals surface area contributed by atoms with Gasteiger partial charge in [-0.1, -0.05) is 6.07 Å². The zero-order chi connectivity index (χ0) is 20.5. The summed E-state index contributed by atoms with van der Waals surface area (Å²) in [5.41, 5.74) is 0.0722. The molecule has 1 amide bonds. The summed E-state index contributed by atoms with van der Waals surface area (Å²) < 4.78 is 21.6. The van der Waals surface area contributed by atoms with E-state index in [2.05, 4.69) is 5.32 Å². The van der Waals surface area contributed by atoms with Crippen molar-refractivity contribution in [1.82, 2.24) is 9.13 Å². The quantitative estimate of drug-likeness (QED) is 0.545. The molecule has 29 heavy (non-hydrogen) atoms. The number of aromatic nitrogens is 2. The number of halogens is 1. The Kier molecular flexibility index (Phi) is 4.89. The van der Waals surface area contributed by atoms with Crippen molar-refractivity contribution in [3.05, 3.63) is 86.0 Å². The SMILES string of the molecule is Cc1ccc(NC(=O)Cn2c(=O)n(Cc3ccco3)c(=O)c3sccc32)cc1F. The number of carbonyl (C=O) groups is 1. The Morgan fingerprint density at radius 3 is 2.76 bits per heavy atom. The predicted octanol–water partition coefficient (Wildman–Crippen LogP) is 2.95. The van der Waals surface area contributed by atoms with E-state index in [4.69, 9.17) is 4.42 Å². The largest absolute Gasteiger partial charge is 0.467 e. The molecule has 4 aromatic rings. The molecule has 0 unspecified atom stereocenters. The van der Waals surface area contributed by atoms with E-state index >= 15 is 0 Å². The molecule has 7 nitrogen and oxygen atoms in total. The molecular weight excluding hydrogens is 397 g/mol. The minimum absolute atomic E-state index is 0.0384. The molecule has 0 aliphatic carbocycles. The van der Waals surface area contributed by atoms with Crippen LogP contribution in [0.4, 0.5) is 10.1 Å². The number of aryl methyl sites for hydroxylation is 1. The summed E-state index contributed by atoms with van der Waals surface area (Å²) in [4.78, 5) is 38.2. The molecule has 0 radical (unpaired) electrons. The van der Waals surface area contributed by atoms with Gasteiger partial charge in [0.15, 0.2) is 0 Å². The van der Waals surface area contributed by atoms with Gasteiger partial charge in [-0.2, -0.15) is 0 Å². The van der Waals surface area contributed by atoms with Gasteiger partial charge in [-0.05, 0) is 48.2 Å². The van der Waals surface area contributed by atoms with Crippen molar-refractivity contribution in [2.75, 3.05) is 5.32 Å². The molecule has 9 heteroatoms. The van der Waals surface area contributed by atoms with Gasteiger partial charge in [-0.15, -0.1) is 11.3 Å². The van der Waals surface area contributed by atoms with Gasteiger partial charge >= 0.3 is 5.69 Å². The van der Waals surface area contributed by atoms with Crippen molar-refractivity contribution in [1.29, 1.82) is 0 Å². The van der Waals surface area contributed by atoms with Crippen LogP contribution in [0.2, 0.25) is 0 Å². The van der Waals surface area contributed by atoms with Gasteiger partial charge in [0.2, 0.25) is 5.91 Å². The van der Waals surface area contributed by atoms with Gasteiger partial charge in [0.05, 0.1) is 18.3 Å². The van der Waals surface area contributed by atoms with E-state index in [1.807, 2.05) is 0 Å². The minimum atomic E-state index is -0.623. The Hall–Kier alpha value is -3.46. The van der Waals surface area contributed by atoms with Gasteiger partial charge in [0, 0.05) is 5.69 Å². The molecule has 0 spiro atoms. The van der Waals surface area contributed by atoms with Crippen LogP contribution < -0.4 is 16.6 Å². The zero-order valence-corrected chi connectivity index (χ0v) is 16.2. The van der Waals surface area contributed by atoms with Gasteiger partial charge in [-0.3, -0.25) is 18.7 Å². The Balaban J connectivity index is 1.70. The third-order valence-corrected chi connectivity index (χ3v) is 5.38. The highest BCUT2D eigenvalue weighted by atomic mass is 32.1. The van der Waals surface area contributed by atoms with Crippen molar-refractivity contribution in [3.63, 3.8) is 0 Å². The zero-order valence-electron chi connectivity index (χ0n) is 15.3. The number of benzene rings is 1. The second kappa shape index (κ2) is 7.51. The lowest BCUT2D eigenvalue weighted by Crippen LogP contribution is -2.41. The Morgan fingerprint density at radius 1 is 1.21 bits per heavy atom. The normalized spacial score (nSPS) is 11.1. The van der Waals surface area contributed by atoms with Gasteiger partial charge in [0.1, 0.15) is 22.8 Å². The molecular formula is C20H16FN3O4S. The Labute approximate surface area is 167 Å². The maximum absolute atomic E-state index is 13.7. The van der Waals surface area contributed by atoms with Crippen molar-refractivity contribution < 1.29 is 13.6 Å². The van der Waals surface area contributed by atoms with E-state index in [1.165, 1.54) is 28.2 Å². The van der Waals surface area contributed by atoms with Crippen LogP contribution in [-0.2, 0) is 17.9 Å². The van der Waals surface area contributed by atoms with Gasteiger partial charge in [0.25, 0.3) is 5.56 Å². The van der Waals surface area contributed by atoms with Crippen LogP contribution in [0.15, 0.2) is 62.0 Å². The average Bonchev–Trinajstić information content (AvgIpc) is 3.37. The molecule has 1 aromatic carbocycles. The molecule has 0 saturated heterocycles. The summed E-state index contributed by atoms with van der Waals surface area (Å²) in [6.45, 7) is 1.26. The first-order chi connectivity index (χ1) is 13.9. The van der Waals surface area contributed by atoms with E-state index < -0.39 is 23.0 Å². The summed E-state index contributed by atoms with van der Waals surface area (Å²) in [5, 5.41) is 4.27. The summed E-state index contributed by atoms with van der Waals surface area (Å²) in [5.74, 6) is -0.496. The topological polar surface area (TPSA) is 86.2 Å². The third-order valence-electron chi connectivity index (χ3n) is 4.49. The highest BCUT2D eigenvalue weighted by Crippen LogP contribution is 2.17. The highest BCUT2D eigenvalue weighted by molar-refractivity contribution is 7.17. The predicted molar refractivity (Wildman–Crippen MR) is 108 cm³/mol. The van der Waals surface area contributed by atoms with E-state index in [0.29, 0.717) is 21.5 Å². The summed E-state index contributed by atoms with van der Waals surface area (Å²) in [6.07, 6.45) is 1.46. The molecule has 0 saturated carbocycles. The molecule has 3 heterocycles. The fourth-order valence-corrected chi connectivity index (χ4v) is 3.84. The van der Waals surface area contributed by atoms with Crippen LogP contribution in [0, 0.1) is 12.7 Å². The Morgan fingerprint density at radius 2 is 2.03 bits per heavy atom. The first-order valence-electron chi connectivity index (χ1n) is 8.73. The number of thiophene rings is 1. The van der Waals surface area contributed by atoms with Crippen LogP contribution in [0.25, 0.3) is 10.2 Å². The molecule has 3 aromatic heterocycles. The van der Waals surface area contributed by atoms with Crippen molar-refractivity contribution in [2.24, 2.45) is 0 Å². The van der Waals surface area contributed by atoms with Crippen LogP contribution >= 0.6 is 11.3 Å². The molecule has 0 aliphatic rings. The molecule has 0 fully saturated rings. The number of hydrogen-bond acceptors (Lipinski definition) is 5. The molecule has 0 bridgehead atoms. The number of hydrogen-bond donors (Lipinski definition) is 1. The maximum Gasteiger partial charge on any atom is 0.332 e. The third kappa shape index (κ3) is 3.64. The molecule has 148 valence electrons. The van der Waals surface area contributed by atoms with Crippen LogP contribution in [-0.4, -0.2) is 15.0 Å². The number of amides is 1. The fourth-order valence-electron chi connectivity index (χ4n) is 3.00. The van der Waals surface area contributed by atoms with Crippen LogP contribution in [0.3, 0.4) is 0 Å². The van der Waals surface area contributed by atoms with Crippen molar-refractivity contribution in [2.45, 2.75) is 20.0 Å². The van der Waals surface area contributed by atoms with E-state index in [0.717, 1.165) is 4.57 Å². The number of anilines is 1. The van der Waals surface area contributed by atoms with E-state index in [9.17, 15) is 18.8 Å². The highest BCUT2D eigenvalue weighted by Gasteiger charge is 2.17. The van der Waals surface area contributed by atoms with Crippen molar-refractivity contribution >= 4 is 33.1 Å². The first-order valence-corrected chi connectivity index (χ1v) is 9.61. The lowest BCUT2D eigenvalue weighted by Gasteiger charge is -2.12. The number of nitrogens with one attached hydrogen (secondary N) is 1. The lowest BCUT2D eigenvalue weighted by atomic mass is 10.2. The molecule has 0 atom stereocenters. The number of nitrogens with zero attached hydrogens (tertiary/aromatic N) is 2. The smallest absolute Gasteiger partial charge is 0.332 e. The summed E-state index contributed by atoms with van der Waals surface area (Å²) in [6, 6.07) is 9.30. The summed E-state index contributed by atoms with van der Waals surface area (Å²) in [7, 11) is 0. The second-order valence-electron chi connectivity index (χ2n) is 6.49. The number of rotatable bonds is 5. The number of furan rings is 1. The maximum atomic E-state index is 13.7. The minimum Gasteiger partial charge on any atom is -0.467 e. The first kappa shape index (κ1) is 18.9. The molecule has 1 N–H and O–H groups in total. The van der Waals surface area contributed by atoms with Gasteiger partial charge in [-0.25, -0.2) is 9.18 Å². The summed E-state index contributed by atoms with van der Waals surface area (Å²) >= 11 is 1.19. The van der Waals surface area contributed by atoms with Crippen LogP contribution in [0.1, 0.15) is 11.3 Å². The standard InChI is InChI=1S/C20H16FN3O4S/c1-12-4-5-13(9-15(12)21)22-17(25)11-23-16-6-8-29-18(16)19(26)24(20(23)27)10-14-3-2-7-28-14/h2-9H,10-11H2,1H3,(H,22,25). The molecule has 4 rings (SSSR count). The lowest BCUT2D eigenvalue weighted by molar-refractivity contribution is -0.116. The van der Waals surface area contributed by atoms with E-state index in [1.54, 1.807) is 42.6 Å². The average molecular weight is 413 g/mol. The van der Waals surface area contributed by atoms with Gasteiger partial charge < -0.3 is 9.73 Å². The number of carbonyl (C=O) groups excluding carboxylic acids is 1. The van der Waals surface area contributed by atoms with Crippen molar-refractivity contribution in [3.8, 4) is 0 Å². The van der Waals surface area contributed by atoms with Crippen LogP contribution in [0.5, 0.6) is 0 Å². The van der Waals surface area contributed by atoms with E-state index in [-0.39, 0.29) is 18.8 Å². The fraction of sp³-hybridized carbons (Fsp3) is 0.150.